The summed E-state index contributed by atoms with van der Waals surface area (Å²) in [5.41, 5.74) is 0.309. The van der Waals surface area contributed by atoms with E-state index >= 15 is 0 Å². The Hall–Kier alpha value is -1.29. The molecule has 0 atom stereocenters. The van der Waals surface area contributed by atoms with E-state index in [1.807, 2.05) is 0 Å². The van der Waals surface area contributed by atoms with Gasteiger partial charge in [-0.1, -0.05) is 11.6 Å². The zero-order valence-corrected chi connectivity index (χ0v) is 6.75. The van der Waals surface area contributed by atoms with Crippen molar-refractivity contribution in [1.82, 2.24) is 4.98 Å². The summed E-state index contributed by atoms with van der Waals surface area (Å²) in [6, 6.07) is 1.28. The number of carboxylic acids is 1. The van der Waals surface area contributed by atoms with Gasteiger partial charge < -0.3 is 10.2 Å². The largest absolute Gasteiger partial charge is 0.506 e. The number of hydrogen-bond donors (Lipinski definition) is 2. The Morgan fingerprint density at radius 1 is 1.67 bits per heavy atom. The molecule has 4 nitrogen and oxygen atoms in total. The molecule has 1 aromatic heterocycles. The second-order valence-corrected chi connectivity index (χ2v) is 2.57. The Morgan fingerprint density at radius 2 is 2.33 bits per heavy atom. The van der Waals surface area contributed by atoms with Crippen molar-refractivity contribution in [3.63, 3.8) is 0 Å². The summed E-state index contributed by atoms with van der Waals surface area (Å²) >= 11 is 5.55. The number of halogens is 1. The van der Waals surface area contributed by atoms with Gasteiger partial charge in [0.2, 0.25) is 0 Å². The molecule has 64 valence electrons. The maximum Gasteiger partial charge on any atom is 0.307 e. The lowest BCUT2D eigenvalue weighted by Gasteiger charge is -1.99. The fourth-order valence-electron chi connectivity index (χ4n) is 0.768. The van der Waals surface area contributed by atoms with Crippen LogP contribution in [-0.4, -0.2) is 21.2 Å². The van der Waals surface area contributed by atoms with E-state index in [1.54, 1.807) is 0 Å². The number of nitrogens with zero attached hydrogens (tertiary/aromatic N) is 1. The van der Waals surface area contributed by atoms with Gasteiger partial charge in [-0.2, -0.15) is 0 Å². The molecule has 0 aliphatic heterocycles. The Kier molecular flexibility index (Phi) is 2.50. The summed E-state index contributed by atoms with van der Waals surface area (Å²) in [4.78, 5) is 13.8. The molecule has 0 bridgehead atoms. The third kappa shape index (κ3) is 2.10. The van der Waals surface area contributed by atoms with E-state index in [0.717, 1.165) is 6.20 Å². The summed E-state index contributed by atoms with van der Waals surface area (Å²) < 4.78 is 0. The number of carbonyl (C=O) groups is 1. The molecular weight excluding hydrogens is 182 g/mol. The third-order valence-corrected chi connectivity index (χ3v) is 1.58. The highest BCUT2D eigenvalue weighted by molar-refractivity contribution is 6.30. The molecule has 0 aromatic carbocycles. The van der Waals surface area contributed by atoms with Crippen LogP contribution in [0, 0.1) is 0 Å². The first-order valence-corrected chi connectivity index (χ1v) is 3.52. The number of aromatic nitrogens is 1. The molecule has 0 radical (unpaired) electrons. The third-order valence-electron chi connectivity index (χ3n) is 1.24. The topological polar surface area (TPSA) is 70.4 Å². The van der Waals surface area contributed by atoms with E-state index in [-0.39, 0.29) is 17.3 Å². The lowest BCUT2D eigenvalue weighted by molar-refractivity contribution is -0.136. The second kappa shape index (κ2) is 3.40. The van der Waals surface area contributed by atoms with E-state index < -0.39 is 5.97 Å². The van der Waals surface area contributed by atoms with Crippen molar-refractivity contribution in [3.05, 3.63) is 23.0 Å². The minimum absolute atomic E-state index is 0.0874. The van der Waals surface area contributed by atoms with E-state index in [9.17, 15) is 4.79 Å². The first-order chi connectivity index (χ1) is 5.59. The van der Waals surface area contributed by atoms with Crippen LogP contribution in [0.4, 0.5) is 0 Å². The normalized spacial score (nSPS) is 9.75. The number of aromatic hydroxyl groups is 1. The van der Waals surface area contributed by atoms with Crippen LogP contribution in [-0.2, 0) is 11.2 Å². The Labute approximate surface area is 73.4 Å². The minimum atomic E-state index is -1.01. The standard InChI is InChI=1S/C7H6ClNO3/c8-7-4(2-6(11)12)1-5(10)3-9-7/h1,3,10H,2H2,(H,11,12). The fraction of sp³-hybridized carbons (Fsp3) is 0.143. The van der Waals surface area contributed by atoms with Crippen LogP contribution in [0.5, 0.6) is 5.75 Å². The Bertz CT molecular complexity index is 314. The van der Waals surface area contributed by atoms with Gasteiger partial charge in [0, 0.05) is 5.56 Å². The monoisotopic (exact) mass is 187 g/mol. The highest BCUT2D eigenvalue weighted by atomic mass is 35.5. The average molecular weight is 188 g/mol. The fourth-order valence-corrected chi connectivity index (χ4v) is 0.938. The van der Waals surface area contributed by atoms with Crippen molar-refractivity contribution >= 4 is 17.6 Å². The summed E-state index contributed by atoms with van der Waals surface area (Å²) in [6.07, 6.45) is 0.925. The van der Waals surface area contributed by atoms with Gasteiger partial charge in [0.05, 0.1) is 12.6 Å². The van der Waals surface area contributed by atoms with E-state index in [0.29, 0.717) is 5.56 Å². The van der Waals surface area contributed by atoms with Crippen molar-refractivity contribution < 1.29 is 15.0 Å². The number of aliphatic carboxylic acids is 1. The molecule has 0 aliphatic rings. The van der Waals surface area contributed by atoms with Gasteiger partial charge in [-0.25, -0.2) is 4.98 Å². The molecule has 0 unspecified atom stereocenters. The molecule has 2 N–H and O–H groups in total. The van der Waals surface area contributed by atoms with Crippen molar-refractivity contribution in [3.8, 4) is 5.75 Å². The first-order valence-electron chi connectivity index (χ1n) is 3.15. The molecule has 0 saturated heterocycles. The first kappa shape index (κ1) is 8.80. The maximum absolute atomic E-state index is 10.3. The number of pyridine rings is 1. The highest BCUT2D eigenvalue weighted by Gasteiger charge is 2.06. The summed E-state index contributed by atoms with van der Waals surface area (Å²) in [6.45, 7) is 0. The van der Waals surface area contributed by atoms with Crippen molar-refractivity contribution in [2.75, 3.05) is 0 Å². The van der Waals surface area contributed by atoms with Crippen LogP contribution in [0.15, 0.2) is 12.3 Å². The summed E-state index contributed by atoms with van der Waals surface area (Å²) in [5, 5.41) is 17.5. The number of carboxylic acid groups (broad SMARTS) is 1. The predicted molar refractivity (Wildman–Crippen MR) is 42.3 cm³/mol. The van der Waals surface area contributed by atoms with Gasteiger partial charge in [-0.05, 0) is 6.07 Å². The molecule has 0 spiro atoms. The summed E-state index contributed by atoms with van der Waals surface area (Å²) in [7, 11) is 0. The molecule has 1 heterocycles. The van der Waals surface area contributed by atoms with E-state index in [1.165, 1.54) is 6.07 Å². The highest BCUT2D eigenvalue weighted by Crippen LogP contribution is 2.18. The van der Waals surface area contributed by atoms with Crippen LogP contribution in [0.3, 0.4) is 0 Å². The van der Waals surface area contributed by atoms with Gasteiger partial charge in [0.15, 0.2) is 0 Å². The van der Waals surface area contributed by atoms with Crippen molar-refractivity contribution in [2.45, 2.75) is 6.42 Å². The van der Waals surface area contributed by atoms with Gasteiger partial charge >= 0.3 is 5.97 Å². The van der Waals surface area contributed by atoms with Gasteiger partial charge in [-0.3, -0.25) is 4.79 Å². The molecule has 0 aliphatic carbocycles. The van der Waals surface area contributed by atoms with Crippen LogP contribution >= 0.6 is 11.6 Å². The van der Waals surface area contributed by atoms with Crippen LogP contribution in [0.25, 0.3) is 0 Å². The van der Waals surface area contributed by atoms with Crippen molar-refractivity contribution in [2.24, 2.45) is 0 Å². The summed E-state index contributed by atoms with van der Waals surface area (Å²) in [5.74, 6) is -1.10. The van der Waals surface area contributed by atoms with Crippen molar-refractivity contribution in [1.29, 1.82) is 0 Å². The molecule has 1 rings (SSSR count). The van der Waals surface area contributed by atoms with E-state index in [4.69, 9.17) is 21.8 Å². The van der Waals surface area contributed by atoms with Gasteiger partial charge in [0.1, 0.15) is 10.9 Å². The van der Waals surface area contributed by atoms with Crippen LogP contribution in [0.2, 0.25) is 5.15 Å². The average Bonchev–Trinajstić information content (AvgIpc) is 1.96. The number of rotatable bonds is 2. The SMILES string of the molecule is O=C(O)Cc1cc(O)cnc1Cl. The quantitative estimate of drug-likeness (QED) is 0.680. The lowest BCUT2D eigenvalue weighted by Crippen LogP contribution is -2.01. The predicted octanol–water partition coefficient (Wildman–Crippen LogP) is 1.07. The van der Waals surface area contributed by atoms with Crippen LogP contribution < -0.4 is 0 Å². The Balaban J connectivity index is 2.97. The molecular formula is C7H6ClNO3. The zero-order chi connectivity index (χ0) is 9.14. The molecule has 0 amide bonds. The minimum Gasteiger partial charge on any atom is -0.506 e. The molecule has 12 heavy (non-hydrogen) atoms. The smallest absolute Gasteiger partial charge is 0.307 e. The molecule has 1 aromatic rings. The molecule has 5 heteroatoms. The van der Waals surface area contributed by atoms with Gasteiger partial charge in [-0.15, -0.1) is 0 Å². The maximum atomic E-state index is 10.3. The van der Waals surface area contributed by atoms with E-state index in [2.05, 4.69) is 4.98 Å². The number of hydrogen-bond acceptors (Lipinski definition) is 3. The molecule has 0 fully saturated rings. The van der Waals surface area contributed by atoms with Gasteiger partial charge in [0.25, 0.3) is 0 Å². The second-order valence-electron chi connectivity index (χ2n) is 2.21. The Morgan fingerprint density at radius 3 is 2.92 bits per heavy atom. The van der Waals surface area contributed by atoms with Crippen LogP contribution in [0.1, 0.15) is 5.56 Å². The molecule has 0 saturated carbocycles. The zero-order valence-electron chi connectivity index (χ0n) is 5.99. The lowest BCUT2D eigenvalue weighted by atomic mass is 10.2.